The third-order valence-corrected chi connectivity index (χ3v) is 12.2. The van der Waals surface area contributed by atoms with E-state index in [1.165, 1.54) is 11.3 Å². The van der Waals surface area contributed by atoms with Crippen LogP contribution in [0.1, 0.15) is 90.8 Å². The highest BCUT2D eigenvalue weighted by molar-refractivity contribution is 7.09. The Bertz CT molecular complexity index is 1480. The van der Waals surface area contributed by atoms with Gasteiger partial charge in [0.25, 0.3) is 0 Å². The molecule has 308 valence electrons. The summed E-state index contributed by atoms with van der Waals surface area (Å²) >= 11 is 1.51. The molecule has 3 rings (SSSR count). The van der Waals surface area contributed by atoms with E-state index in [4.69, 9.17) is 9.47 Å². The van der Waals surface area contributed by atoms with E-state index in [9.17, 15) is 19.2 Å². The number of ether oxygens (including phenoxy) is 2. The second-order valence-corrected chi connectivity index (χ2v) is 17.0. The van der Waals surface area contributed by atoms with Crippen molar-refractivity contribution in [3.05, 3.63) is 52.5 Å². The molecule has 1 fully saturated rings. The summed E-state index contributed by atoms with van der Waals surface area (Å²) in [5, 5.41) is 9.02. The lowest BCUT2D eigenvalue weighted by atomic mass is 9.89. The molecule has 1 saturated heterocycles. The van der Waals surface area contributed by atoms with Gasteiger partial charge in [-0.2, -0.15) is 0 Å². The lowest BCUT2D eigenvalue weighted by Gasteiger charge is -2.41. The number of rotatable bonds is 21. The van der Waals surface area contributed by atoms with Crippen LogP contribution in [-0.2, 0) is 35.1 Å². The van der Waals surface area contributed by atoms with Gasteiger partial charge >= 0.3 is 0 Å². The number of likely N-dealkylation sites (tertiary alicyclic amines) is 1. The van der Waals surface area contributed by atoms with Crippen LogP contribution in [0.5, 0.6) is 0 Å². The number of carbonyl (C=O) groups is 4. The average molecular weight is 785 g/mol. The Morgan fingerprint density at radius 1 is 0.945 bits per heavy atom. The standard InChI is InChI=1S/C42H68N6O6S/c1-13-28(6)37(47(10)42(52)35(26(2)3)45-40(51)36(27(4)5)46(8)9)33(53-11)25-34(49)48-22-17-20-32(48)38(54-12)29(7)39(50)44-31(41-43-21-23-55-41)24-30-18-15-14-16-19-30/h14-16,18-19,21,23,26-29,31-33,35-38H,13,17,20,22,24-25H2,1-12H3,(H,44,50)(H,45,51)/t28-,29+,31-,32-,33+,35-,36-,37-,38-/m0/s1. The van der Waals surface area contributed by atoms with Crippen molar-refractivity contribution in [2.24, 2.45) is 23.7 Å². The quantitative estimate of drug-likeness (QED) is 0.177. The van der Waals surface area contributed by atoms with Gasteiger partial charge in [0.15, 0.2) is 0 Å². The third-order valence-electron chi connectivity index (χ3n) is 11.3. The van der Waals surface area contributed by atoms with Gasteiger partial charge in [-0.1, -0.05) is 85.2 Å². The first-order chi connectivity index (χ1) is 26.1. The number of methoxy groups -OCH3 is 2. The van der Waals surface area contributed by atoms with E-state index in [0.29, 0.717) is 19.4 Å². The minimum Gasteiger partial charge on any atom is -0.379 e. The Morgan fingerprint density at radius 3 is 2.15 bits per heavy atom. The molecular formula is C42H68N6O6S. The van der Waals surface area contributed by atoms with Crippen LogP contribution in [0.25, 0.3) is 0 Å². The summed E-state index contributed by atoms with van der Waals surface area (Å²) in [6, 6.07) is 7.83. The third kappa shape index (κ3) is 12.1. The fourth-order valence-electron chi connectivity index (χ4n) is 8.17. The minimum absolute atomic E-state index is 0.00751. The van der Waals surface area contributed by atoms with Crippen molar-refractivity contribution in [1.29, 1.82) is 0 Å². The van der Waals surface area contributed by atoms with Crippen LogP contribution in [0.3, 0.4) is 0 Å². The van der Waals surface area contributed by atoms with Gasteiger partial charge in [-0.3, -0.25) is 24.1 Å². The van der Waals surface area contributed by atoms with Gasteiger partial charge < -0.3 is 29.9 Å². The van der Waals surface area contributed by atoms with E-state index in [2.05, 4.69) is 29.5 Å². The second kappa shape index (κ2) is 21.8. The van der Waals surface area contributed by atoms with Gasteiger partial charge in [0.1, 0.15) is 11.0 Å². The molecule has 55 heavy (non-hydrogen) atoms. The molecule has 13 heteroatoms. The highest BCUT2D eigenvalue weighted by Gasteiger charge is 2.43. The van der Waals surface area contributed by atoms with Crippen LogP contribution in [0.2, 0.25) is 0 Å². The first-order valence-corrected chi connectivity index (χ1v) is 20.8. The zero-order valence-corrected chi connectivity index (χ0v) is 36.1. The molecule has 1 aromatic heterocycles. The Balaban J connectivity index is 1.79. The summed E-state index contributed by atoms with van der Waals surface area (Å²) in [5.74, 6) is -1.35. The number of amides is 4. The normalized spacial score (nSPS) is 19.0. The van der Waals surface area contributed by atoms with Gasteiger partial charge in [-0.25, -0.2) is 4.98 Å². The number of nitrogens with one attached hydrogen (secondary N) is 2. The predicted molar refractivity (Wildman–Crippen MR) is 218 cm³/mol. The minimum atomic E-state index is -0.751. The van der Waals surface area contributed by atoms with Crippen molar-refractivity contribution in [3.63, 3.8) is 0 Å². The van der Waals surface area contributed by atoms with Gasteiger partial charge in [0, 0.05) is 39.4 Å². The molecule has 1 aliphatic heterocycles. The maximum atomic E-state index is 14.3. The summed E-state index contributed by atoms with van der Waals surface area (Å²) in [4.78, 5) is 65.8. The largest absolute Gasteiger partial charge is 0.379 e. The lowest BCUT2D eigenvalue weighted by molar-refractivity contribution is -0.148. The summed E-state index contributed by atoms with van der Waals surface area (Å²) < 4.78 is 12.1. The molecule has 2 heterocycles. The Labute approximate surface area is 334 Å². The first-order valence-electron chi connectivity index (χ1n) is 19.9. The van der Waals surface area contributed by atoms with Crippen molar-refractivity contribution in [1.82, 2.24) is 30.3 Å². The molecule has 12 nitrogen and oxygen atoms in total. The highest BCUT2D eigenvalue weighted by atomic mass is 32.1. The van der Waals surface area contributed by atoms with Crippen LogP contribution in [-0.4, -0.2) is 122 Å². The topological polar surface area (TPSA) is 133 Å². The molecule has 1 aliphatic rings. The molecule has 1 aromatic carbocycles. The van der Waals surface area contributed by atoms with Gasteiger partial charge in [0.05, 0.1) is 48.7 Å². The fraction of sp³-hybridized carbons (Fsp3) is 0.690. The maximum absolute atomic E-state index is 14.3. The van der Waals surface area contributed by atoms with Crippen LogP contribution >= 0.6 is 11.3 Å². The SMILES string of the molecule is CC[C@H](C)[C@@H]([C@@H](CC(=O)N1CCC[C@H]1[C@@H](OC)[C@@H](C)C(=O)N[C@@H](Cc1ccccc1)c1nccs1)OC)N(C)C(=O)[C@@H](NC(=O)[C@H](C(C)C)N(C)C)C(C)C. The Hall–Kier alpha value is -3.39. The van der Waals surface area contributed by atoms with Gasteiger partial charge in [0.2, 0.25) is 23.6 Å². The molecule has 0 radical (unpaired) electrons. The maximum Gasteiger partial charge on any atom is 0.245 e. The summed E-state index contributed by atoms with van der Waals surface area (Å²) in [6.45, 7) is 14.3. The van der Waals surface area contributed by atoms with Gasteiger partial charge in [-0.05, 0) is 56.7 Å². The molecule has 9 atom stereocenters. The smallest absolute Gasteiger partial charge is 0.245 e. The van der Waals surface area contributed by atoms with Crippen molar-refractivity contribution >= 4 is 35.0 Å². The van der Waals surface area contributed by atoms with E-state index < -0.39 is 30.2 Å². The van der Waals surface area contributed by atoms with E-state index in [-0.39, 0.29) is 65.9 Å². The van der Waals surface area contributed by atoms with E-state index >= 15 is 0 Å². The summed E-state index contributed by atoms with van der Waals surface area (Å²) in [6.07, 6.45) is 3.49. The van der Waals surface area contributed by atoms with Crippen LogP contribution in [0.4, 0.5) is 0 Å². The van der Waals surface area contributed by atoms with Crippen LogP contribution in [0, 0.1) is 23.7 Å². The molecule has 0 spiro atoms. The number of thiazole rings is 1. The van der Waals surface area contributed by atoms with Crippen LogP contribution in [0.15, 0.2) is 41.9 Å². The number of aromatic nitrogens is 1. The second-order valence-electron chi connectivity index (χ2n) is 16.1. The number of nitrogens with zero attached hydrogens (tertiary/aromatic N) is 4. The van der Waals surface area contributed by atoms with Crippen molar-refractivity contribution in [2.45, 2.75) is 123 Å². The number of hydrogen-bond donors (Lipinski definition) is 2. The molecule has 0 bridgehead atoms. The van der Waals surface area contributed by atoms with Crippen molar-refractivity contribution in [3.8, 4) is 0 Å². The molecule has 0 unspecified atom stereocenters. The highest BCUT2D eigenvalue weighted by Crippen LogP contribution is 2.30. The van der Waals surface area contributed by atoms with Crippen LogP contribution < -0.4 is 10.6 Å². The molecule has 0 saturated carbocycles. The predicted octanol–water partition coefficient (Wildman–Crippen LogP) is 5.19. The molecule has 2 N–H and O–H groups in total. The van der Waals surface area contributed by atoms with Crippen molar-refractivity contribution < 1.29 is 28.7 Å². The number of hydrogen-bond acceptors (Lipinski definition) is 9. The molecule has 4 amide bonds. The zero-order valence-electron chi connectivity index (χ0n) is 35.3. The monoisotopic (exact) mass is 784 g/mol. The Kier molecular flexibility index (Phi) is 18.2. The number of likely N-dealkylation sites (N-methyl/N-ethyl adjacent to an activating group) is 2. The number of benzene rings is 1. The fourth-order valence-corrected chi connectivity index (χ4v) is 8.86. The Morgan fingerprint density at radius 2 is 1.62 bits per heavy atom. The summed E-state index contributed by atoms with van der Waals surface area (Å²) in [7, 11) is 8.66. The lowest BCUT2D eigenvalue weighted by Crippen LogP contribution is -2.59. The molecule has 2 aromatic rings. The van der Waals surface area contributed by atoms with Crippen molar-refractivity contribution in [2.75, 3.05) is 41.9 Å². The average Bonchev–Trinajstić information content (AvgIpc) is 3.87. The van der Waals surface area contributed by atoms with E-state index in [0.717, 1.165) is 23.4 Å². The van der Waals surface area contributed by atoms with E-state index in [1.54, 1.807) is 32.4 Å². The first kappa shape index (κ1) is 46.0. The molecule has 0 aliphatic carbocycles. The summed E-state index contributed by atoms with van der Waals surface area (Å²) in [5.41, 5.74) is 1.09. The molecular weight excluding hydrogens is 717 g/mol. The van der Waals surface area contributed by atoms with Gasteiger partial charge in [-0.15, -0.1) is 11.3 Å². The number of carbonyl (C=O) groups excluding carboxylic acids is 4. The van der Waals surface area contributed by atoms with E-state index in [1.807, 2.05) is 94.2 Å². The zero-order chi connectivity index (χ0) is 41.0.